The molecule has 0 saturated carbocycles. The molecule has 1 heterocycles. The number of halogens is 1. The quantitative estimate of drug-likeness (QED) is 0.492. The SMILES string of the molecule is CC(Cc1ccccc1)N(C)C(=O)c1ccc[n+](C)c1.[I-]. The Labute approximate surface area is 143 Å². The maximum Gasteiger partial charge on any atom is 0.259 e. The highest BCUT2D eigenvalue weighted by molar-refractivity contribution is 5.93. The number of likely N-dealkylation sites (N-methyl/N-ethyl adjacent to an activating group) is 1. The summed E-state index contributed by atoms with van der Waals surface area (Å²) in [7, 11) is 3.78. The molecule has 1 atom stereocenters. The minimum Gasteiger partial charge on any atom is -1.00 e. The molecule has 2 aromatic rings. The molecule has 3 nitrogen and oxygen atoms in total. The van der Waals surface area contributed by atoms with Gasteiger partial charge in [0.25, 0.3) is 5.91 Å². The van der Waals surface area contributed by atoms with Gasteiger partial charge in [-0.05, 0) is 25.0 Å². The van der Waals surface area contributed by atoms with Crippen molar-refractivity contribution in [3.05, 3.63) is 66.0 Å². The number of aromatic nitrogens is 1. The fourth-order valence-corrected chi connectivity index (χ4v) is 2.21. The molecule has 2 rings (SSSR count). The van der Waals surface area contributed by atoms with E-state index in [4.69, 9.17) is 0 Å². The van der Waals surface area contributed by atoms with Crippen LogP contribution >= 0.6 is 0 Å². The number of hydrogen-bond donors (Lipinski definition) is 0. The zero-order valence-electron chi connectivity index (χ0n) is 12.7. The Morgan fingerprint density at radius 1 is 1.19 bits per heavy atom. The topological polar surface area (TPSA) is 24.2 Å². The molecule has 1 aromatic heterocycles. The largest absolute Gasteiger partial charge is 1.00 e. The third-order valence-electron chi connectivity index (χ3n) is 3.54. The van der Waals surface area contributed by atoms with Crippen molar-refractivity contribution in [3.8, 4) is 0 Å². The molecule has 0 aliphatic rings. The van der Waals surface area contributed by atoms with Crippen LogP contribution in [0, 0.1) is 0 Å². The second-order valence-electron chi connectivity index (χ2n) is 5.21. The van der Waals surface area contributed by atoms with Gasteiger partial charge in [-0.25, -0.2) is 4.57 Å². The molecule has 112 valence electrons. The number of carbonyl (C=O) groups is 1. The summed E-state index contributed by atoms with van der Waals surface area (Å²) in [4.78, 5) is 14.2. The lowest BCUT2D eigenvalue weighted by atomic mass is 10.1. The van der Waals surface area contributed by atoms with E-state index < -0.39 is 0 Å². The molecular weight excluding hydrogens is 375 g/mol. The van der Waals surface area contributed by atoms with Gasteiger partial charge in [0.15, 0.2) is 12.4 Å². The van der Waals surface area contributed by atoms with E-state index in [0.717, 1.165) is 12.0 Å². The van der Waals surface area contributed by atoms with Crippen molar-refractivity contribution >= 4 is 5.91 Å². The Bertz CT molecular complexity index is 586. The van der Waals surface area contributed by atoms with Gasteiger partial charge in [-0.1, -0.05) is 30.3 Å². The van der Waals surface area contributed by atoms with Crippen molar-refractivity contribution in [2.75, 3.05) is 7.05 Å². The smallest absolute Gasteiger partial charge is 0.259 e. The lowest BCUT2D eigenvalue weighted by molar-refractivity contribution is -0.671. The van der Waals surface area contributed by atoms with Crippen LogP contribution < -0.4 is 28.5 Å². The number of rotatable bonds is 4. The van der Waals surface area contributed by atoms with Gasteiger partial charge in [-0.15, -0.1) is 0 Å². The van der Waals surface area contributed by atoms with E-state index in [-0.39, 0.29) is 35.9 Å². The first-order valence-electron chi connectivity index (χ1n) is 6.84. The first-order chi connectivity index (χ1) is 9.58. The van der Waals surface area contributed by atoms with Crippen molar-refractivity contribution < 1.29 is 33.3 Å². The van der Waals surface area contributed by atoms with Crippen LogP contribution in [0.15, 0.2) is 54.9 Å². The summed E-state index contributed by atoms with van der Waals surface area (Å²) in [5.41, 5.74) is 1.97. The Hall–Kier alpha value is -1.43. The molecule has 21 heavy (non-hydrogen) atoms. The first-order valence-corrected chi connectivity index (χ1v) is 6.84. The summed E-state index contributed by atoms with van der Waals surface area (Å²) < 4.78 is 1.89. The Balaban J connectivity index is 0.00000220. The van der Waals surface area contributed by atoms with Crippen molar-refractivity contribution in [2.45, 2.75) is 19.4 Å². The second-order valence-corrected chi connectivity index (χ2v) is 5.21. The fourth-order valence-electron chi connectivity index (χ4n) is 2.21. The lowest BCUT2D eigenvalue weighted by Gasteiger charge is -2.24. The Morgan fingerprint density at radius 3 is 2.48 bits per heavy atom. The molecule has 1 amide bonds. The number of nitrogens with zero attached hydrogens (tertiary/aromatic N) is 2. The van der Waals surface area contributed by atoms with Gasteiger partial charge in [0, 0.05) is 19.2 Å². The molecule has 0 fully saturated rings. The number of carbonyl (C=O) groups excluding carboxylic acids is 1. The van der Waals surface area contributed by atoms with E-state index in [9.17, 15) is 4.79 Å². The zero-order valence-corrected chi connectivity index (χ0v) is 14.8. The number of amides is 1. The monoisotopic (exact) mass is 396 g/mol. The maximum absolute atomic E-state index is 12.4. The van der Waals surface area contributed by atoms with Gasteiger partial charge in [0.1, 0.15) is 12.6 Å². The van der Waals surface area contributed by atoms with Crippen LogP contribution in [0.1, 0.15) is 22.8 Å². The van der Waals surface area contributed by atoms with Gasteiger partial charge >= 0.3 is 0 Å². The molecule has 1 aromatic carbocycles. The molecular formula is C17H21IN2O. The van der Waals surface area contributed by atoms with Crippen molar-refractivity contribution in [1.82, 2.24) is 4.90 Å². The fraction of sp³-hybridized carbons (Fsp3) is 0.294. The van der Waals surface area contributed by atoms with Gasteiger partial charge in [0.05, 0.1) is 0 Å². The van der Waals surface area contributed by atoms with Crippen LogP contribution in [-0.4, -0.2) is 23.9 Å². The van der Waals surface area contributed by atoms with E-state index in [2.05, 4.69) is 19.1 Å². The number of hydrogen-bond acceptors (Lipinski definition) is 1. The van der Waals surface area contributed by atoms with Crippen molar-refractivity contribution in [2.24, 2.45) is 7.05 Å². The standard InChI is InChI=1S/C17H21N2O.HI/c1-14(12-15-8-5-4-6-9-15)19(3)17(20)16-10-7-11-18(2)13-16;/h4-11,13-14H,12H2,1-3H3;1H/q+1;/p-1. The molecule has 0 N–H and O–H groups in total. The summed E-state index contributed by atoms with van der Waals surface area (Å²) in [6.45, 7) is 2.08. The van der Waals surface area contributed by atoms with E-state index in [1.807, 2.05) is 66.3 Å². The van der Waals surface area contributed by atoms with Crippen LogP contribution in [0.2, 0.25) is 0 Å². The average Bonchev–Trinajstić information content (AvgIpc) is 2.46. The first kappa shape index (κ1) is 17.6. The number of benzene rings is 1. The van der Waals surface area contributed by atoms with Crippen LogP contribution in [0.25, 0.3) is 0 Å². The predicted octanol–water partition coefficient (Wildman–Crippen LogP) is -0.782. The van der Waals surface area contributed by atoms with Gasteiger partial charge in [-0.3, -0.25) is 4.79 Å². The summed E-state index contributed by atoms with van der Waals surface area (Å²) in [6, 6.07) is 14.2. The highest BCUT2D eigenvalue weighted by atomic mass is 127. The highest BCUT2D eigenvalue weighted by Crippen LogP contribution is 2.10. The molecule has 0 aliphatic carbocycles. The molecule has 0 radical (unpaired) electrons. The van der Waals surface area contributed by atoms with E-state index >= 15 is 0 Å². The Kier molecular flexibility index (Phi) is 6.81. The summed E-state index contributed by atoms with van der Waals surface area (Å²) in [5, 5.41) is 0. The molecule has 1 unspecified atom stereocenters. The van der Waals surface area contributed by atoms with Crippen LogP contribution in [-0.2, 0) is 13.5 Å². The number of aryl methyl sites for hydroxylation is 1. The minimum atomic E-state index is 0. The van der Waals surface area contributed by atoms with Crippen molar-refractivity contribution in [3.63, 3.8) is 0 Å². The maximum atomic E-state index is 12.4. The highest BCUT2D eigenvalue weighted by Gasteiger charge is 2.19. The molecule has 0 spiro atoms. The van der Waals surface area contributed by atoms with Crippen LogP contribution in [0.5, 0.6) is 0 Å². The molecule has 4 heteroatoms. The number of pyridine rings is 1. The summed E-state index contributed by atoms with van der Waals surface area (Å²) in [5.74, 6) is 0.0598. The third-order valence-corrected chi connectivity index (χ3v) is 3.54. The summed E-state index contributed by atoms with van der Waals surface area (Å²) >= 11 is 0. The predicted molar refractivity (Wildman–Crippen MR) is 79.3 cm³/mol. The van der Waals surface area contributed by atoms with E-state index in [1.165, 1.54) is 5.56 Å². The zero-order chi connectivity index (χ0) is 14.5. The Morgan fingerprint density at radius 2 is 1.86 bits per heavy atom. The van der Waals surface area contributed by atoms with Gasteiger partial charge < -0.3 is 28.9 Å². The van der Waals surface area contributed by atoms with Crippen LogP contribution in [0.4, 0.5) is 0 Å². The third kappa shape index (κ3) is 4.81. The van der Waals surface area contributed by atoms with Crippen molar-refractivity contribution in [1.29, 1.82) is 0 Å². The van der Waals surface area contributed by atoms with Gasteiger partial charge in [-0.2, -0.15) is 0 Å². The second kappa shape index (κ2) is 8.12. The van der Waals surface area contributed by atoms with E-state index in [0.29, 0.717) is 0 Å². The van der Waals surface area contributed by atoms with Crippen LogP contribution in [0.3, 0.4) is 0 Å². The molecule has 0 bridgehead atoms. The summed E-state index contributed by atoms with van der Waals surface area (Å²) in [6.07, 6.45) is 4.64. The normalized spacial score (nSPS) is 11.4. The van der Waals surface area contributed by atoms with Gasteiger partial charge in [0.2, 0.25) is 0 Å². The van der Waals surface area contributed by atoms with E-state index in [1.54, 1.807) is 0 Å². The minimum absolute atomic E-state index is 0. The lowest BCUT2D eigenvalue weighted by Crippen LogP contribution is -3.00. The molecule has 0 saturated heterocycles. The molecule has 0 aliphatic heterocycles. The average molecular weight is 396 g/mol.